The molecule has 0 saturated carbocycles. The van der Waals surface area contributed by atoms with Crippen LogP contribution in [0.1, 0.15) is 40.5 Å². The highest BCUT2D eigenvalue weighted by molar-refractivity contribution is 5.57. The zero-order valence-electron chi connectivity index (χ0n) is 12.6. The van der Waals surface area contributed by atoms with Crippen LogP contribution in [0.4, 0.5) is 17.5 Å². The minimum Gasteiger partial charge on any atom is -0.364 e. The Morgan fingerprint density at radius 2 is 2.05 bits per heavy atom. The predicted octanol–water partition coefficient (Wildman–Crippen LogP) is 3.05. The molecule has 7 nitrogen and oxygen atoms in total. The van der Waals surface area contributed by atoms with Gasteiger partial charge in [-0.2, -0.15) is 4.98 Å². The van der Waals surface area contributed by atoms with E-state index in [1.54, 1.807) is 0 Å². The normalized spacial score (nSPS) is 11.2. The number of anilines is 2. The largest absolute Gasteiger partial charge is 0.364 e. The van der Waals surface area contributed by atoms with Crippen LogP contribution in [0.5, 0.6) is 0 Å². The van der Waals surface area contributed by atoms with Crippen molar-refractivity contribution in [1.29, 1.82) is 0 Å². The standard InChI is InChI=1S/C13H23N5O2/c1-5-7-14-12-15-8-10(18(19)20)11(17-12)16-9-13(3,4)6-2/h8H,5-7,9H2,1-4H3,(H2,14,15,16,17). The number of aromatic nitrogens is 2. The first kappa shape index (κ1) is 16.1. The molecule has 0 bridgehead atoms. The van der Waals surface area contributed by atoms with Crippen molar-refractivity contribution in [3.63, 3.8) is 0 Å². The number of nitro groups is 1. The summed E-state index contributed by atoms with van der Waals surface area (Å²) in [6.07, 6.45) is 3.15. The first-order valence-corrected chi connectivity index (χ1v) is 6.88. The second-order valence-corrected chi connectivity index (χ2v) is 5.48. The smallest absolute Gasteiger partial charge is 0.329 e. The third-order valence-corrected chi connectivity index (χ3v) is 3.19. The molecular formula is C13H23N5O2. The van der Waals surface area contributed by atoms with E-state index in [1.165, 1.54) is 6.20 Å². The van der Waals surface area contributed by atoms with Gasteiger partial charge in [0.1, 0.15) is 6.20 Å². The minimum absolute atomic E-state index is 0.0514. The minimum atomic E-state index is -0.467. The fourth-order valence-corrected chi connectivity index (χ4v) is 1.41. The molecule has 0 aliphatic heterocycles. The quantitative estimate of drug-likeness (QED) is 0.562. The summed E-state index contributed by atoms with van der Waals surface area (Å²) in [5, 5.41) is 17.1. The van der Waals surface area contributed by atoms with Gasteiger partial charge in [0, 0.05) is 13.1 Å². The lowest BCUT2D eigenvalue weighted by molar-refractivity contribution is -0.384. The Labute approximate surface area is 119 Å². The summed E-state index contributed by atoms with van der Waals surface area (Å²) in [6.45, 7) is 9.67. The van der Waals surface area contributed by atoms with Gasteiger partial charge in [-0.05, 0) is 18.3 Å². The van der Waals surface area contributed by atoms with Gasteiger partial charge in [0.05, 0.1) is 4.92 Å². The van der Waals surface area contributed by atoms with Gasteiger partial charge in [-0.25, -0.2) is 4.98 Å². The molecule has 0 saturated heterocycles. The highest BCUT2D eigenvalue weighted by Gasteiger charge is 2.21. The highest BCUT2D eigenvalue weighted by Crippen LogP contribution is 2.25. The van der Waals surface area contributed by atoms with Crippen molar-refractivity contribution < 1.29 is 4.92 Å². The summed E-state index contributed by atoms with van der Waals surface area (Å²) < 4.78 is 0. The SMILES string of the molecule is CCCNc1ncc([N+](=O)[O-])c(NCC(C)(C)CC)n1. The molecular weight excluding hydrogens is 258 g/mol. The van der Waals surface area contributed by atoms with Gasteiger partial charge in [0.2, 0.25) is 11.8 Å². The first-order chi connectivity index (χ1) is 9.39. The van der Waals surface area contributed by atoms with E-state index in [4.69, 9.17) is 0 Å². The Balaban J connectivity index is 2.91. The van der Waals surface area contributed by atoms with Gasteiger partial charge in [-0.15, -0.1) is 0 Å². The van der Waals surface area contributed by atoms with Gasteiger partial charge in [-0.1, -0.05) is 27.7 Å². The van der Waals surface area contributed by atoms with Gasteiger partial charge < -0.3 is 10.6 Å². The maximum absolute atomic E-state index is 11.0. The Hall–Kier alpha value is -1.92. The van der Waals surface area contributed by atoms with Crippen LogP contribution in [0.2, 0.25) is 0 Å². The number of rotatable bonds is 8. The van der Waals surface area contributed by atoms with Crippen LogP contribution in [0.15, 0.2) is 6.20 Å². The highest BCUT2D eigenvalue weighted by atomic mass is 16.6. The van der Waals surface area contributed by atoms with E-state index in [1.807, 2.05) is 6.92 Å². The predicted molar refractivity (Wildman–Crippen MR) is 80.0 cm³/mol. The maximum atomic E-state index is 11.0. The zero-order chi connectivity index (χ0) is 15.2. The summed E-state index contributed by atoms with van der Waals surface area (Å²) in [4.78, 5) is 18.7. The van der Waals surface area contributed by atoms with Gasteiger partial charge in [-0.3, -0.25) is 10.1 Å². The van der Waals surface area contributed by atoms with Crippen LogP contribution in [0, 0.1) is 15.5 Å². The molecule has 0 spiro atoms. The lowest BCUT2D eigenvalue weighted by Crippen LogP contribution is -2.23. The third-order valence-electron chi connectivity index (χ3n) is 3.19. The summed E-state index contributed by atoms with van der Waals surface area (Å²) in [6, 6.07) is 0. The van der Waals surface area contributed by atoms with Crippen molar-refractivity contribution in [3.8, 4) is 0 Å². The monoisotopic (exact) mass is 281 g/mol. The van der Waals surface area contributed by atoms with Gasteiger partial charge >= 0.3 is 5.69 Å². The molecule has 20 heavy (non-hydrogen) atoms. The zero-order valence-corrected chi connectivity index (χ0v) is 12.6. The summed E-state index contributed by atoms with van der Waals surface area (Å²) in [5.41, 5.74) is -0.0468. The molecule has 0 unspecified atom stereocenters. The summed E-state index contributed by atoms with van der Waals surface area (Å²) in [5.74, 6) is 0.680. The van der Waals surface area contributed by atoms with E-state index in [-0.39, 0.29) is 16.9 Å². The molecule has 2 N–H and O–H groups in total. The Morgan fingerprint density at radius 3 is 2.60 bits per heavy atom. The van der Waals surface area contributed by atoms with E-state index in [9.17, 15) is 10.1 Å². The van der Waals surface area contributed by atoms with Crippen molar-refractivity contribution in [2.24, 2.45) is 5.41 Å². The summed E-state index contributed by atoms with van der Waals surface area (Å²) >= 11 is 0. The fourth-order valence-electron chi connectivity index (χ4n) is 1.41. The second kappa shape index (κ2) is 7.02. The van der Waals surface area contributed by atoms with Gasteiger partial charge in [0.25, 0.3) is 0 Å². The Bertz CT molecular complexity index is 462. The van der Waals surface area contributed by atoms with E-state index >= 15 is 0 Å². The van der Waals surface area contributed by atoms with E-state index in [2.05, 4.69) is 41.4 Å². The number of hydrogen-bond donors (Lipinski definition) is 2. The second-order valence-electron chi connectivity index (χ2n) is 5.48. The number of nitrogens with one attached hydrogen (secondary N) is 2. The van der Waals surface area contributed by atoms with Crippen molar-refractivity contribution >= 4 is 17.5 Å². The lowest BCUT2D eigenvalue weighted by Gasteiger charge is -2.23. The van der Waals surface area contributed by atoms with Crippen molar-refractivity contribution in [1.82, 2.24) is 9.97 Å². The average Bonchev–Trinajstić information content (AvgIpc) is 2.42. The third kappa shape index (κ3) is 4.64. The van der Waals surface area contributed by atoms with E-state index < -0.39 is 4.92 Å². The molecule has 112 valence electrons. The molecule has 0 aromatic carbocycles. The average molecular weight is 281 g/mol. The van der Waals surface area contributed by atoms with Crippen molar-refractivity contribution in [2.45, 2.75) is 40.5 Å². The van der Waals surface area contributed by atoms with Crippen LogP contribution >= 0.6 is 0 Å². The Morgan fingerprint density at radius 1 is 1.35 bits per heavy atom. The maximum Gasteiger partial charge on any atom is 0.329 e. The lowest BCUT2D eigenvalue weighted by atomic mass is 9.90. The number of hydrogen-bond acceptors (Lipinski definition) is 6. The van der Waals surface area contributed by atoms with E-state index in [0.29, 0.717) is 12.5 Å². The fraction of sp³-hybridized carbons (Fsp3) is 0.692. The topological polar surface area (TPSA) is 93.0 Å². The van der Waals surface area contributed by atoms with Crippen LogP contribution in [0.25, 0.3) is 0 Å². The molecule has 1 heterocycles. The molecule has 1 rings (SSSR count). The molecule has 0 amide bonds. The molecule has 0 aliphatic rings. The van der Waals surface area contributed by atoms with E-state index in [0.717, 1.165) is 19.4 Å². The molecule has 0 aliphatic carbocycles. The van der Waals surface area contributed by atoms with Crippen molar-refractivity contribution in [3.05, 3.63) is 16.3 Å². The van der Waals surface area contributed by atoms with Crippen molar-refractivity contribution in [2.75, 3.05) is 23.7 Å². The molecule has 0 atom stereocenters. The Kier molecular flexibility index (Phi) is 5.66. The molecule has 7 heteroatoms. The number of nitrogens with zero attached hydrogens (tertiary/aromatic N) is 3. The molecule has 1 aromatic rings. The van der Waals surface area contributed by atoms with Gasteiger partial charge in [0.15, 0.2) is 0 Å². The molecule has 0 radical (unpaired) electrons. The van der Waals surface area contributed by atoms with Crippen LogP contribution in [-0.2, 0) is 0 Å². The first-order valence-electron chi connectivity index (χ1n) is 6.88. The van der Waals surface area contributed by atoms with Crippen LogP contribution in [0.3, 0.4) is 0 Å². The molecule has 1 aromatic heterocycles. The van der Waals surface area contributed by atoms with Crippen LogP contribution < -0.4 is 10.6 Å². The summed E-state index contributed by atoms with van der Waals surface area (Å²) in [7, 11) is 0. The molecule has 0 fully saturated rings. The van der Waals surface area contributed by atoms with Crippen LogP contribution in [-0.4, -0.2) is 28.0 Å².